The van der Waals surface area contributed by atoms with Gasteiger partial charge in [-0.3, -0.25) is 0 Å². The molecule has 0 fully saturated rings. The fraction of sp³-hybridized carbons (Fsp3) is 0.154. The van der Waals surface area contributed by atoms with Crippen molar-refractivity contribution in [2.75, 3.05) is 0 Å². The van der Waals surface area contributed by atoms with Crippen molar-refractivity contribution in [3.05, 3.63) is 42.1 Å². The van der Waals surface area contributed by atoms with Crippen LogP contribution in [0.15, 0.2) is 36.0 Å². The highest BCUT2D eigenvalue weighted by atomic mass is 16.4. The van der Waals surface area contributed by atoms with Crippen molar-refractivity contribution in [1.82, 2.24) is 4.57 Å². The van der Waals surface area contributed by atoms with Crippen LogP contribution in [-0.4, -0.2) is 15.5 Å². The normalized spacial score (nSPS) is 12.0. The second-order valence-corrected chi connectivity index (χ2v) is 3.73. The van der Waals surface area contributed by atoms with Gasteiger partial charge in [0.25, 0.3) is 0 Å². The fourth-order valence-corrected chi connectivity index (χ4v) is 2.11. The molecule has 2 rings (SSSR count). The molecule has 3 nitrogen and oxygen atoms in total. The Morgan fingerprint density at radius 1 is 1.44 bits per heavy atom. The van der Waals surface area contributed by atoms with Crippen LogP contribution in [0.5, 0.6) is 0 Å². The summed E-state index contributed by atoms with van der Waals surface area (Å²) in [4.78, 5) is 0. The summed E-state index contributed by atoms with van der Waals surface area (Å²) in [5.41, 5.74) is 3.61. The fourth-order valence-electron chi connectivity index (χ4n) is 2.11. The van der Waals surface area contributed by atoms with Gasteiger partial charge in [-0.15, -0.1) is 0 Å². The number of para-hydroxylation sites is 1. The third kappa shape index (κ3) is 1.33. The van der Waals surface area contributed by atoms with Gasteiger partial charge in [0.1, 0.15) is 5.71 Å². The lowest BCUT2D eigenvalue weighted by molar-refractivity contribution is 0.318. The number of fused-ring (bicyclic) bond motifs is 1. The summed E-state index contributed by atoms with van der Waals surface area (Å²) in [5.74, 6) is 0. The molecule has 1 aromatic carbocycles. The van der Waals surface area contributed by atoms with Gasteiger partial charge in [-0.1, -0.05) is 36.0 Å². The summed E-state index contributed by atoms with van der Waals surface area (Å²) in [6.45, 7) is 5.60. The molecule has 3 heteroatoms. The minimum Gasteiger partial charge on any atom is -0.411 e. The molecule has 0 spiro atoms. The Bertz CT molecular complexity index is 579. The second kappa shape index (κ2) is 3.85. The van der Waals surface area contributed by atoms with E-state index in [2.05, 4.69) is 11.7 Å². The van der Waals surface area contributed by atoms with Crippen LogP contribution in [0.2, 0.25) is 0 Å². The minimum absolute atomic E-state index is 0.591. The number of hydrogen-bond acceptors (Lipinski definition) is 2. The van der Waals surface area contributed by atoms with Crippen LogP contribution in [0.4, 0.5) is 0 Å². The maximum absolute atomic E-state index is 8.90. The first kappa shape index (κ1) is 10.5. The average Bonchev–Trinajstić information content (AvgIpc) is 2.62. The van der Waals surface area contributed by atoms with E-state index in [0.717, 1.165) is 22.2 Å². The first-order valence-corrected chi connectivity index (χ1v) is 5.09. The maximum atomic E-state index is 8.90. The summed E-state index contributed by atoms with van der Waals surface area (Å²) < 4.78 is 2.02. The molecule has 0 aliphatic carbocycles. The van der Waals surface area contributed by atoms with E-state index in [0.29, 0.717) is 5.71 Å². The molecule has 0 saturated carbocycles. The smallest absolute Gasteiger partial charge is 0.101 e. The van der Waals surface area contributed by atoms with Crippen molar-refractivity contribution in [1.29, 1.82) is 0 Å². The number of benzene rings is 1. The number of aromatic nitrogens is 1. The lowest BCUT2D eigenvalue weighted by Crippen LogP contribution is -2.04. The van der Waals surface area contributed by atoms with Gasteiger partial charge in [-0.2, -0.15) is 0 Å². The molecule has 0 aliphatic rings. The molecule has 0 saturated heterocycles. The molecule has 0 amide bonds. The second-order valence-electron chi connectivity index (χ2n) is 3.73. The maximum Gasteiger partial charge on any atom is 0.101 e. The third-order valence-electron chi connectivity index (χ3n) is 2.84. The highest BCUT2D eigenvalue weighted by Crippen LogP contribution is 2.26. The Morgan fingerprint density at radius 3 is 2.75 bits per heavy atom. The van der Waals surface area contributed by atoms with Gasteiger partial charge in [0.2, 0.25) is 0 Å². The Hall–Kier alpha value is -2.03. The van der Waals surface area contributed by atoms with Crippen molar-refractivity contribution in [3.8, 4) is 0 Å². The van der Waals surface area contributed by atoms with Crippen LogP contribution in [0.25, 0.3) is 17.0 Å². The van der Waals surface area contributed by atoms with Gasteiger partial charge in [0.05, 0.1) is 5.69 Å². The van der Waals surface area contributed by atoms with E-state index < -0.39 is 0 Å². The molecule has 16 heavy (non-hydrogen) atoms. The topological polar surface area (TPSA) is 37.5 Å². The summed E-state index contributed by atoms with van der Waals surface area (Å²) in [7, 11) is 1.96. The van der Waals surface area contributed by atoms with Crippen molar-refractivity contribution in [3.63, 3.8) is 0 Å². The highest BCUT2D eigenvalue weighted by molar-refractivity contribution is 6.07. The first-order valence-electron chi connectivity index (χ1n) is 5.09. The van der Waals surface area contributed by atoms with Crippen LogP contribution in [0.1, 0.15) is 18.2 Å². The number of aryl methyl sites for hydroxylation is 1. The Labute approximate surface area is 94.3 Å². The average molecular weight is 214 g/mol. The van der Waals surface area contributed by atoms with E-state index in [4.69, 9.17) is 5.21 Å². The summed E-state index contributed by atoms with van der Waals surface area (Å²) in [5, 5.41) is 13.3. The van der Waals surface area contributed by atoms with Crippen LogP contribution >= 0.6 is 0 Å². The summed E-state index contributed by atoms with van der Waals surface area (Å²) in [6.07, 6.45) is 1.80. The van der Waals surface area contributed by atoms with Crippen molar-refractivity contribution in [2.24, 2.45) is 12.2 Å². The zero-order chi connectivity index (χ0) is 11.7. The lowest BCUT2D eigenvalue weighted by atomic mass is 10.1. The third-order valence-corrected chi connectivity index (χ3v) is 2.84. The Balaban J connectivity index is 2.92. The van der Waals surface area contributed by atoms with E-state index in [9.17, 15) is 0 Å². The molecule has 0 bridgehead atoms. The van der Waals surface area contributed by atoms with Gasteiger partial charge in [0, 0.05) is 23.5 Å². The zero-order valence-corrected chi connectivity index (χ0v) is 9.44. The summed E-state index contributed by atoms with van der Waals surface area (Å²) >= 11 is 0. The van der Waals surface area contributed by atoms with Crippen molar-refractivity contribution >= 4 is 22.7 Å². The molecular formula is C13H14N2O. The van der Waals surface area contributed by atoms with E-state index in [1.54, 1.807) is 13.0 Å². The molecule has 0 unspecified atom stereocenters. The quantitative estimate of drug-likeness (QED) is 0.465. The van der Waals surface area contributed by atoms with E-state index in [1.165, 1.54) is 0 Å². The van der Waals surface area contributed by atoms with E-state index in [1.807, 2.05) is 35.9 Å². The molecule has 82 valence electrons. The lowest BCUT2D eigenvalue weighted by Gasteiger charge is -2.03. The van der Waals surface area contributed by atoms with Crippen molar-refractivity contribution in [2.45, 2.75) is 6.92 Å². The van der Waals surface area contributed by atoms with Gasteiger partial charge in [0.15, 0.2) is 0 Å². The zero-order valence-electron chi connectivity index (χ0n) is 9.44. The summed E-state index contributed by atoms with van der Waals surface area (Å²) in [6, 6.07) is 8.06. The molecule has 1 aromatic heterocycles. The van der Waals surface area contributed by atoms with Crippen LogP contribution in [0.3, 0.4) is 0 Å². The number of hydrogen-bond donors (Lipinski definition) is 1. The van der Waals surface area contributed by atoms with E-state index >= 15 is 0 Å². The number of rotatable bonds is 2. The SMILES string of the molecule is C=Cc1c(/C(C)=N/O)n(C)c2ccccc12. The molecular weight excluding hydrogens is 200 g/mol. The molecule has 0 radical (unpaired) electrons. The van der Waals surface area contributed by atoms with Gasteiger partial charge < -0.3 is 9.77 Å². The predicted octanol–water partition coefficient (Wildman–Crippen LogP) is 3.02. The Kier molecular flexibility index (Phi) is 2.52. The number of oxime groups is 1. The van der Waals surface area contributed by atoms with Gasteiger partial charge >= 0.3 is 0 Å². The largest absolute Gasteiger partial charge is 0.411 e. The first-order chi connectivity index (χ1) is 7.70. The highest BCUT2D eigenvalue weighted by Gasteiger charge is 2.14. The Morgan fingerprint density at radius 2 is 2.12 bits per heavy atom. The minimum atomic E-state index is 0.591. The monoisotopic (exact) mass is 214 g/mol. The predicted molar refractivity (Wildman–Crippen MR) is 67.0 cm³/mol. The molecule has 0 aliphatic heterocycles. The standard InChI is InChI=1S/C13H14N2O/c1-4-10-11-7-5-6-8-12(11)15(3)13(10)9(2)14-16/h4-8,16H,1H2,2-3H3/b14-9+. The van der Waals surface area contributed by atoms with Gasteiger partial charge in [-0.05, 0) is 13.0 Å². The molecule has 1 heterocycles. The van der Waals surface area contributed by atoms with E-state index in [-0.39, 0.29) is 0 Å². The van der Waals surface area contributed by atoms with Gasteiger partial charge in [-0.25, -0.2) is 0 Å². The van der Waals surface area contributed by atoms with Crippen LogP contribution < -0.4 is 0 Å². The molecule has 2 aromatic rings. The van der Waals surface area contributed by atoms with Crippen LogP contribution in [-0.2, 0) is 7.05 Å². The molecule has 1 N–H and O–H groups in total. The van der Waals surface area contributed by atoms with Crippen LogP contribution in [0, 0.1) is 0 Å². The van der Waals surface area contributed by atoms with Crippen molar-refractivity contribution < 1.29 is 5.21 Å². The molecule has 0 atom stereocenters. The number of nitrogens with zero attached hydrogens (tertiary/aromatic N) is 2.